The van der Waals surface area contributed by atoms with Gasteiger partial charge in [-0.15, -0.1) is 0 Å². The summed E-state index contributed by atoms with van der Waals surface area (Å²) in [5.74, 6) is -4.83. The molecule has 0 amide bonds. The van der Waals surface area contributed by atoms with Crippen molar-refractivity contribution in [1.82, 2.24) is 0 Å². The zero-order chi connectivity index (χ0) is 10.0. The van der Waals surface area contributed by atoms with E-state index in [0.29, 0.717) is 12.1 Å². The molecular formula is C6H4BF3O3. The smallest absolute Gasteiger partial charge is 0.508 e. The Hall–Kier alpha value is -1.21. The molecule has 1 rings (SSSR count). The summed E-state index contributed by atoms with van der Waals surface area (Å²) in [5.41, 5.74) is 0. The standard InChI is InChI=1S/C6H4BF3O3/c8-3-1-4(9)6(5(10)2-3)13-7(11)12/h1-2,11-12H. The molecule has 7 heteroatoms. The predicted octanol–water partition coefficient (Wildman–Crippen LogP) is 0.452. The van der Waals surface area contributed by atoms with E-state index in [1.807, 2.05) is 0 Å². The maximum Gasteiger partial charge on any atom is 0.707 e. The Bertz CT molecular complexity index is 295. The fraction of sp³-hybridized carbons (Fsp3) is 0. The Morgan fingerprint density at radius 3 is 1.92 bits per heavy atom. The molecule has 70 valence electrons. The van der Waals surface area contributed by atoms with Gasteiger partial charge in [-0.25, -0.2) is 13.2 Å². The highest BCUT2D eigenvalue weighted by molar-refractivity contribution is 6.33. The van der Waals surface area contributed by atoms with E-state index in [1.54, 1.807) is 0 Å². The number of hydrogen-bond acceptors (Lipinski definition) is 3. The van der Waals surface area contributed by atoms with E-state index in [-0.39, 0.29) is 0 Å². The Morgan fingerprint density at radius 2 is 1.54 bits per heavy atom. The molecule has 0 fully saturated rings. The first-order valence-electron chi connectivity index (χ1n) is 3.18. The summed E-state index contributed by atoms with van der Waals surface area (Å²) in [5, 5.41) is 16.5. The zero-order valence-electron chi connectivity index (χ0n) is 6.17. The summed E-state index contributed by atoms with van der Waals surface area (Å²) in [6, 6.07) is 0.724. The van der Waals surface area contributed by atoms with Crippen LogP contribution in [0.1, 0.15) is 0 Å². The monoisotopic (exact) mass is 192 g/mol. The molecule has 3 nitrogen and oxygen atoms in total. The van der Waals surface area contributed by atoms with Crippen molar-refractivity contribution in [3.05, 3.63) is 29.6 Å². The second-order valence-corrected chi connectivity index (χ2v) is 2.14. The third-order valence-electron chi connectivity index (χ3n) is 1.19. The Balaban J connectivity index is 3.06. The van der Waals surface area contributed by atoms with E-state index in [1.165, 1.54) is 0 Å². The maximum absolute atomic E-state index is 12.6. The van der Waals surface area contributed by atoms with Crippen LogP contribution in [0.4, 0.5) is 13.2 Å². The van der Waals surface area contributed by atoms with E-state index < -0.39 is 30.5 Å². The molecule has 13 heavy (non-hydrogen) atoms. The normalized spacial score (nSPS) is 9.92. The molecule has 0 atom stereocenters. The van der Waals surface area contributed by atoms with E-state index in [2.05, 4.69) is 4.65 Å². The van der Waals surface area contributed by atoms with Crippen molar-refractivity contribution in [3.63, 3.8) is 0 Å². The molecule has 0 bridgehead atoms. The van der Waals surface area contributed by atoms with Crippen LogP contribution in [0, 0.1) is 17.5 Å². The van der Waals surface area contributed by atoms with Gasteiger partial charge in [0.05, 0.1) is 0 Å². The topological polar surface area (TPSA) is 49.7 Å². The van der Waals surface area contributed by atoms with Gasteiger partial charge in [-0.3, -0.25) is 0 Å². The molecule has 0 aliphatic heterocycles. The second-order valence-electron chi connectivity index (χ2n) is 2.14. The number of hydrogen-bond donors (Lipinski definition) is 2. The van der Waals surface area contributed by atoms with E-state index >= 15 is 0 Å². The number of rotatable bonds is 2. The highest BCUT2D eigenvalue weighted by atomic mass is 19.1. The van der Waals surface area contributed by atoms with Crippen LogP contribution in [0.15, 0.2) is 12.1 Å². The van der Waals surface area contributed by atoms with Gasteiger partial charge in [-0.1, -0.05) is 0 Å². The second kappa shape index (κ2) is 3.67. The minimum Gasteiger partial charge on any atom is -0.508 e. The van der Waals surface area contributed by atoms with Crippen molar-refractivity contribution in [3.8, 4) is 5.75 Å². The minimum absolute atomic E-state index is 0.362. The highest BCUT2D eigenvalue weighted by Gasteiger charge is 2.19. The molecule has 0 aliphatic carbocycles. The van der Waals surface area contributed by atoms with Gasteiger partial charge >= 0.3 is 7.32 Å². The summed E-state index contributed by atoms with van der Waals surface area (Å²) in [6.45, 7) is 0. The van der Waals surface area contributed by atoms with E-state index in [9.17, 15) is 13.2 Å². The zero-order valence-corrected chi connectivity index (χ0v) is 6.17. The van der Waals surface area contributed by atoms with Crippen molar-refractivity contribution in [2.24, 2.45) is 0 Å². The Morgan fingerprint density at radius 1 is 1.08 bits per heavy atom. The molecular weight excluding hydrogens is 188 g/mol. The third-order valence-corrected chi connectivity index (χ3v) is 1.19. The van der Waals surface area contributed by atoms with Crippen molar-refractivity contribution in [1.29, 1.82) is 0 Å². The van der Waals surface area contributed by atoms with Gasteiger partial charge in [0, 0.05) is 12.1 Å². The van der Waals surface area contributed by atoms with Crippen molar-refractivity contribution < 1.29 is 27.9 Å². The molecule has 0 saturated heterocycles. The summed E-state index contributed by atoms with van der Waals surface area (Å²) >= 11 is 0. The van der Waals surface area contributed by atoms with Crippen LogP contribution in [0.5, 0.6) is 5.75 Å². The van der Waals surface area contributed by atoms with Gasteiger partial charge in [-0.2, -0.15) is 0 Å². The van der Waals surface area contributed by atoms with Gasteiger partial charge in [-0.05, 0) is 0 Å². The highest BCUT2D eigenvalue weighted by Crippen LogP contribution is 2.22. The molecule has 0 spiro atoms. The summed E-state index contributed by atoms with van der Waals surface area (Å²) in [4.78, 5) is 0. The van der Waals surface area contributed by atoms with Crippen molar-refractivity contribution in [2.45, 2.75) is 0 Å². The van der Waals surface area contributed by atoms with Crippen LogP contribution in [0.25, 0.3) is 0 Å². The van der Waals surface area contributed by atoms with Crippen molar-refractivity contribution >= 4 is 7.32 Å². The van der Waals surface area contributed by atoms with Crippen LogP contribution < -0.4 is 4.65 Å². The molecule has 0 saturated carbocycles. The SMILES string of the molecule is OB(O)Oc1c(F)cc(F)cc1F. The predicted molar refractivity (Wildman–Crippen MR) is 37.1 cm³/mol. The van der Waals surface area contributed by atoms with Gasteiger partial charge < -0.3 is 14.7 Å². The van der Waals surface area contributed by atoms with Gasteiger partial charge in [0.25, 0.3) is 0 Å². The lowest BCUT2D eigenvalue weighted by molar-refractivity contribution is 0.273. The molecule has 0 aromatic heterocycles. The quantitative estimate of drug-likeness (QED) is 0.668. The average molecular weight is 192 g/mol. The lowest BCUT2D eigenvalue weighted by atomic mass is 10.2. The molecule has 1 aromatic carbocycles. The summed E-state index contributed by atoms with van der Waals surface area (Å²) in [6.07, 6.45) is 0. The van der Waals surface area contributed by atoms with Crippen LogP contribution in [-0.4, -0.2) is 17.4 Å². The first-order valence-corrected chi connectivity index (χ1v) is 3.18. The molecule has 2 N–H and O–H groups in total. The lowest BCUT2D eigenvalue weighted by Gasteiger charge is -2.06. The van der Waals surface area contributed by atoms with Crippen LogP contribution >= 0.6 is 0 Å². The molecule has 0 radical (unpaired) electrons. The van der Waals surface area contributed by atoms with E-state index in [4.69, 9.17) is 10.0 Å². The molecule has 0 unspecified atom stereocenters. The first-order chi connectivity index (χ1) is 6.00. The number of benzene rings is 1. The fourth-order valence-electron chi connectivity index (χ4n) is 0.747. The van der Waals surface area contributed by atoms with Crippen molar-refractivity contribution in [2.75, 3.05) is 0 Å². The maximum atomic E-state index is 12.6. The fourth-order valence-corrected chi connectivity index (χ4v) is 0.747. The summed E-state index contributed by atoms with van der Waals surface area (Å²) < 4.78 is 41.5. The van der Waals surface area contributed by atoms with E-state index in [0.717, 1.165) is 0 Å². The Kier molecular flexibility index (Phi) is 2.79. The summed E-state index contributed by atoms with van der Waals surface area (Å²) in [7, 11) is -2.35. The average Bonchev–Trinajstić information content (AvgIpc) is 1.96. The van der Waals surface area contributed by atoms with Gasteiger partial charge in [0.15, 0.2) is 17.4 Å². The van der Waals surface area contributed by atoms with Crippen LogP contribution in [0.2, 0.25) is 0 Å². The first kappa shape index (κ1) is 9.88. The molecule has 1 aromatic rings. The van der Waals surface area contributed by atoms with Gasteiger partial charge in [0.2, 0.25) is 0 Å². The minimum atomic E-state index is -2.35. The van der Waals surface area contributed by atoms with Gasteiger partial charge in [0.1, 0.15) is 5.82 Å². The largest absolute Gasteiger partial charge is 0.707 e. The van der Waals surface area contributed by atoms with Crippen LogP contribution in [-0.2, 0) is 0 Å². The Labute approximate surface area is 71.6 Å². The number of halogens is 3. The lowest BCUT2D eigenvalue weighted by Crippen LogP contribution is -2.22. The molecule has 0 heterocycles. The molecule has 0 aliphatic rings. The van der Waals surface area contributed by atoms with Crippen LogP contribution in [0.3, 0.4) is 0 Å². The third kappa shape index (κ3) is 2.36.